The number of halogens is 2. The Morgan fingerprint density at radius 1 is 1.04 bits per heavy atom. The molecule has 2 aromatic rings. The van der Waals surface area contributed by atoms with E-state index in [9.17, 15) is 22.0 Å². The van der Waals surface area contributed by atoms with Gasteiger partial charge in [0.2, 0.25) is 10.0 Å². The number of benzene rings is 2. The standard InChI is InChI=1S/C14H11F2N3O3S/c15-8-1-4-10(5-2-8)17-14(20)13-18-11-7-9(16)3-6-12(11)23(21,22)19-13/h1-7,13,18-19H,(H,17,20)/t13-/m0/s1. The number of hydrogen-bond donors (Lipinski definition) is 3. The first-order chi connectivity index (χ1) is 10.8. The molecule has 1 amide bonds. The second kappa shape index (κ2) is 5.60. The topological polar surface area (TPSA) is 87.3 Å². The summed E-state index contributed by atoms with van der Waals surface area (Å²) in [5.41, 5.74) is 0.283. The molecule has 3 rings (SSSR count). The van der Waals surface area contributed by atoms with Gasteiger partial charge in [0.05, 0.1) is 5.69 Å². The van der Waals surface area contributed by atoms with Crippen molar-refractivity contribution in [1.29, 1.82) is 0 Å². The molecule has 120 valence electrons. The Hall–Kier alpha value is -2.52. The largest absolute Gasteiger partial charge is 0.360 e. The molecule has 23 heavy (non-hydrogen) atoms. The average molecular weight is 339 g/mol. The van der Waals surface area contributed by atoms with Crippen LogP contribution in [0.3, 0.4) is 0 Å². The molecule has 0 unspecified atom stereocenters. The smallest absolute Gasteiger partial charge is 0.262 e. The van der Waals surface area contributed by atoms with Gasteiger partial charge in [-0.05, 0) is 42.5 Å². The van der Waals surface area contributed by atoms with Gasteiger partial charge in [-0.15, -0.1) is 0 Å². The zero-order valence-electron chi connectivity index (χ0n) is 11.5. The maximum atomic E-state index is 13.3. The highest BCUT2D eigenvalue weighted by molar-refractivity contribution is 7.89. The van der Waals surface area contributed by atoms with Crippen molar-refractivity contribution in [3.8, 4) is 0 Å². The van der Waals surface area contributed by atoms with E-state index in [-0.39, 0.29) is 10.6 Å². The summed E-state index contributed by atoms with van der Waals surface area (Å²) < 4.78 is 52.4. The van der Waals surface area contributed by atoms with E-state index in [2.05, 4.69) is 15.4 Å². The average Bonchev–Trinajstić information content (AvgIpc) is 2.48. The van der Waals surface area contributed by atoms with E-state index < -0.39 is 33.7 Å². The zero-order valence-corrected chi connectivity index (χ0v) is 12.3. The van der Waals surface area contributed by atoms with E-state index in [1.807, 2.05) is 0 Å². The molecule has 0 aromatic heterocycles. The minimum absolute atomic E-state index is 0.0111. The first-order valence-electron chi connectivity index (χ1n) is 6.50. The van der Waals surface area contributed by atoms with Crippen LogP contribution in [0.4, 0.5) is 20.2 Å². The van der Waals surface area contributed by atoms with Gasteiger partial charge in [-0.3, -0.25) is 4.79 Å². The Labute approximate surface area is 130 Å². The molecule has 3 N–H and O–H groups in total. The third-order valence-corrected chi connectivity index (χ3v) is 4.66. The minimum Gasteiger partial charge on any atom is -0.360 e. The maximum absolute atomic E-state index is 13.3. The Kier molecular flexibility index (Phi) is 3.74. The maximum Gasteiger partial charge on any atom is 0.262 e. The van der Waals surface area contributed by atoms with Gasteiger partial charge in [0, 0.05) is 5.69 Å². The van der Waals surface area contributed by atoms with Crippen LogP contribution in [-0.4, -0.2) is 20.5 Å². The van der Waals surface area contributed by atoms with Crippen LogP contribution in [-0.2, 0) is 14.8 Å². The Morgan fingerprint density at radius 2 is 1.70 bits per heavy atom. The fourth-order valence-corrected chi connectivity index (χ4v) is 3.38. The SMILES string of the molecule is O=C(Nc1ccc(F)cc1)[C@H]1Nc2cc(F)ccc2S(=O)(=O)N1. The normalized spacial score (nSPS) is 18.6. The third kappa shape index (κ3) is 3.15. The van der Waals surface area contributed by atoms with Crippen LogP contribution in [0, 0.1) is 11.6 Å². The van der Waals surface area contributed by atoms with E-state index in [1.54, 1.807) is 0 Å². The second-order valence-corrected chi connectivity index (χ2v) is 6.52. The van der Waals surface area contributed by atoms with Crippen molar-refractivity contribution in [3.63, 3.8) is 0 Å². The Bertz CT molecular complexity index is 869. The van der Waals surface area contributed by atoms with Crippen LogP contribution in [0.15, 0.2) is 47.4 Å². The molecule has 0 saturated heterocycles. The van der Waals surface area contributed by atoms with Crippen LogP contribution in [0.5, 0.6) is 0 Å². The number of nitrogens with one attached hydrogen (secondary N) is 3. The molecule has 1 heterocycles. The highest BCUT2D eigenvalue weighted by Gasteiger charge is 2.33. The number of carbonyl (C=O) groups excluding carboxylic acids is 1. The molecular formula is C14H11F2N3O3S. The van der Waals surface area contributed by atoms with Gasteiger partial charge in [-0.25, -0.2) is 17.2 Å². The highest BCUT2D eigenvalue weighted by atomic mass is 32.2. The van der Waals surface area contributed by atoms with Crippen LogP contribution < -0.4 is 15.4 Å². The Balaban J connectivity index is 1.84. The predicted molar refractivity (Wildman–Crippen MR) is 79.2 cm³/mol. The molecule has 0 bridgehead atoms. The van der Waals surface area contributed by atoms with Gasteiger partial charge in [0.25, 0.3) is 5.91 Å². The van der Waals surface area contributed by atoms with Crippen LogP contribution in [0.1, 0.15) is 0 Å². The fourth-order valence-electron chi connectivity index (χ4n) is 2.12. The molecular weight excluding hydrogens is 328 g/mol. The second-order valence-electron chi connectivity index (χ2n) is 4.84. The first kappa shape index (κ1) is 15.4. The fraction of sp³-hybridized carbons (Fsp3) is 0.0714. The molecule has 0 saturated carbocycles. The summed E-state index contributed by atoms with van der Waals surface area (Å²) in [7, 11) is -3.95. The van der Waals surface area contributed by atoms with Crippen molar-refractivity contribution in [2.45, 2.75) is 11.1 Å². The monoisotopic (exact) mass is 339 g/mol. The van der Waals surface area contributed by atoms with Crippen molar-refractivity contribution in [2.75, 3.05) is 10.6 Å². The third-order valence-electron chi connectivity index (χ3n) is 3.18. The summed E-state index contributed by atoms with van der Waals surface area (Å²) in [5, 5.41) is 5.04. The highest BCUT2D eigenvalue weighted by Crippen LogP contribution is 2.26. The number of anilines is 2. The summed E-state index contributed by atoms with van der Waals surface area (Å²) in [6.45, 7) is 0. The molecule has 9 heteroatoms. The predicted octanol–water partition coefficient (Wildman–Crippen LogP) is 1.63. The number of sulfonamides is 1. The molecule has 1 atom stereocenters. The van der Waals surface area contributed by atoms with Gasteiger partial charge < -0.3 is 10.6 Å². The lowest BCUT2D eigenvalue weighted by Gasteiger charge is -2.27. The molecule has 0 spiro atoms. The van der Waals surface area contributed by atoms with Gasteiger partial charge in [-0.2, -0.15) is 4.72 Å². The van der Waals surface area contributed by atoms with Crippen molar-refractivity contribution in [1.82, 2.24) is 4.72 Å². The van der Waals surface area contributed by atoms with Gasteiger partial charge >= 0.3 is 0 Å². The number of amides is 1. The van der Waals surface area contributed by atoms with E-state index in [0.29, 0.717) is 5.69 Å². The van der Waals surface area contributed by atoms with Gasteiger partial charge in [0.1, 0.15) is 16.5 Å². The van der Waals surface area contributed by atoms with Crippen molar-refractivity contribution < 1.29 is 22.0 Å². The van der Waals surface area contributed by atoms with Crippen LogP contribution in [0.2, 0.25) is 0 Å². The van der Waals surface area contributed by atoms with Gasteiger partial charge in [-0.1, -0.05) is 0 Å². The molecule has 1 aliphatic heterocycles. The van der Waals surface area contributed by atoms with E-state index in [0.717, 1.165) is 30.3 Å². The molecule has 2 aromatic carbocycles. The van der Waals surface area contributed by atoms with Crippen molar-refractivity contribution >= 4 is 27.3 Å². The number of carbonyl (C=O) groups is 1. The lowest BCUT2D eigenvalue weighted by molar-refractivity contribution is -0.117. The first-order valence-corrected chi connectivity index (χ1v) is 7.98. The molecule has 6 nitrogen and oxygen atoms in total. The molecule has 1 aliphatic rings. The summed E-state index contributed by atoms with van der Waals surface area (Å²) in [5.74, 6) is -1.81. The lowest BCUT2D eigenvalue weighted by atomic mass is 10.2. The number of rotatable bonds is 2. The molecule has 0 fully saturated rings. The van der Waals surface area contributed by atoms with E-state index in [4.69, 9.17) is 0 Å². The number of fused-ring (bicyclic) bond motifs is 1. The zero-order chi connectivity index (χ0) is 16.6. The van der Waals surface area contributed by atoms with Crippen LogP contribution >= 0.6 is 0 Å². The lowest BCUT2D eigenvalue weighted by Crippen LogP contribution is -2.51. The molecule has 0 radical (unpaired) electrons. The summed E-state index contributed by atoms with van der Waals surface area (Å²) >= 11 is 0. The van der Waals surface area contributed by atoms with Crippen LogP contribution in [0.25, 0.3) is 0 Å². The summed E-state index contributed by atoms with van der Waals surface area (Å²) in [6.07, 6.45) is -1.32. The van der Waals surface area contributed by atoms with E-state index in [1.165, 1.54) is 12.1 Å². The van der Waals surface area contributed by atoms with Crippen molar-refractivity contribution in [3.05, 3.63) is 54.1 Å². The molecule has 0 aliphatic carbocycles. The van der Waals surface area contributed by atoms with Crippen molar-refractivity contribution in [2.24, 2.45) is 0 Å². The van der Waals surface area contributed by atoms with E-state index >= 15 is 0 Å². The number of hydrogen-bond acceptors (Lipinski definition) is 4. The minimum atomic E-state index is -3.95. The summed E-state index contributed by atoms with van der Waals surface area (Å²) in [6, 6.07) is 8.08. The summed E-state index contributed by atoms with van der Waals surface area (Å²) in [4.78, 5) is 12.0. The Morgan fingerprint density at radius 3 is 2.39 bits per heavy atom. The van der Waals surface area contributed by atoms with Gasteiger partial charge in [0.15, 0.2) is 6.17 Å². The quantitative estimate of drug-likeness (QED) is 0.776.